The highest BCUT2D eigenvalue weighted by molar-refractivity contribution is 6.35. The van der Waals surface area contributed by atoms with Gasteiger partial charge in [0.15, 0.2) is 11.6 Å². The second-order valence-corrected chi connectivity index (χ2v) is 8.96. The molecule has 1 fully saturated rings. The average molecular weight is 503 g/mol. The van der Waals surface area contributed by atoms with Crippen molar-refractivity contribution < 1.29 is 13.9 Å². The summed E-state index contributed by atoms with van der Waals surface area (Å²) < 4.78 is 19.0. The first-order valence-electron chi connectivity index (χ1n) is 11.0. The summed E-state index contributed by atoms with van der Waals surface area (Å²) in [5.74, 6) is 0.110. The van der Waals surface area contributed by atoms with E-state index in [0.717, 1.165) is 25.1 Å². The monoisotopic (exact) mass is 502 g/mol. The van der Waals surface area contributed by atoms with Crippen LogP contribution in [0.4, 0.5) is 10.2 Å². The van der Waals surface area contributed by atoms with Gasteiger partial charge in [-0.25, -0.2) is 9.37 Å². The Morgan fingerprint density at radius 2 is 1.79 bits per heavy atom. The highest BCUT2D eigenvalue weighted by Crippen LogP contribution is 2.28. The lowest BCUT2D eigenvalue weighted by Gasteiger charge is -2.22. The third-order valence-corrected chi connectivity index (χ3v) is 6.47. The lowest BCUT2D eigenvalue weighted by Crippen LogP contribution is -2.35. The molecule has 3 aromatic rings. The summed E-state index contributed by atoms with van der Waals surface area (Å²) >= 11 is 12.4. The van der Waals surface area contributed by atoms with Gasteiger partial charge < -0.3 is 15.4 Å². The van der Waals surface area contributed by atoms with Gasteiger partial charge in [0.1, 0.15) is 12.4 Å². The van der Waals surface area contributed by atoms with Crippen molar-refractivity contribution in [2.75, 3.05) is 31.9 Å². The number of rotatable bonds is 6. The molecule has 178 valence electrons. The molecule has 2 heterocycles. The van der Waals surface area contributed by atoms with Crippen molar-refractivity contribution in [1.82, 2.24) is 14.8 Å². The Hall–Kier alpha value is -2.87. The number of hydrogen-bond donors (Lipinski definition) is 1. The predicted octanol–water partition coefficient (Wildman–Crippen LogP) is 5.04. The van der Waals surface area contributed by atoms with Gasteiger partial charge in [0, 0.05) is 54.5 Å². The van der Waals surface area contributed by atoms with Gasteiger partial charge in [-0.3, -0.25) is 9.69 Å². The highest BCUT2D eigenvalue weighted by atomic mass is 35.5. The lowest BCUT2D eigenvalue weighted by molar-refractivity contribution is 0.0760. The van der Waals surface area contributed by atoms with Crippen molar-refractivity contribution in [3.63, 3.8) is 0 Å². The Bertz CT molecular complexity index is 1140. The molecule has 1 aliphatic rings. The zero-order valence-corrected chi connectivity index (χ0v) is 20.0. The van der Waals surface area contributed by atoms with Gasteiger partial charge in [0.2, 0.25) is 0 Å². The minimum absolute atomic E-state index is 0.101. The van der Waals surface area contributed by atoms with Crippen molar-refractivity contribution in [3.8, 4) is 5.75 Å². The van der Waals surface area contributed by atoms with E-state index in [1.165, 1.54) is 18.3 Å². The van der Waals surface area contributed by atoms with Gasteiger partial charge in [-0.1, -0.05) is 41.4 Å². The summed E-state index contributed by atoms with van der Waals surface area (Å²) in [4.78, 5) is 21.4. The zero-order chi connectivity index (χ0) is 24.1. The lowest BCUT2D eigenvalue weighted by atomic mass is 10.2. The van der Waals surface area contributed by atoms with Crippen molar-refractivity contribution in [1.29, 1.82) is 0 Å². The SMILES string of the molecule is Nc1ncc(C(=O)N2CCCN(Cc3ccc(F)cc3)CC2)cc1OCc1c(Cl)cccc1Cl. The van der Waals surface area contributed by atoms with E-state index in [4.69, 9.17) is 33.7 Å². The molecule has 1 aromatic heterocycles. The zero-order valence-electron chi connectivity index (χ0n) is 18.5. The second kappa shape index (κ2) is 11.0. The number of benzene rings is 2. The summed E-state index contributed by atoms with van der Waals surface area (Å²) in [5, 5.41) is 0.974. The number of aromatic nitrogens is 1. The van der Waals surface area contributed by atoms with E-state index in [0.29, 0.717) is 46.6 Å². The minimum Gasteiger partial charge on any atom is -0.485 e. The molecule has 2 aromatic carbocycles. The molecule has 0 atom stereocenters. The Morgan fingerprint density at radius 3 is 2.53 bits per heavy atom. The van der Waals surface area contributed by atoms with Crippen LogP contribution >= 0.6 is 23.2 Å². The van der Waals surface area contributed by atoms with E-state index < -0.39 is 0 Å². The Kier molecular flexibility index (Phi) is 7.88. The van der Waals surface area contributed by atoms with Crippen LogP contribution in [0.25, 0.3) is 0 Å². The van der Waals surface area contributed by atoms with Crippen LogP contribution in [-0.4, -0.2) is 46.9 Å². The third kappa shape index (κ3) is 5.97. The number of nitrogen functional groups attached to an aromatic ring is 1. The number of nitrogens with zero attached hydrogens (tertiary/aromatic N) is 3. The fraction of sp³-hybridized carbons (Fsp3) is 0.280. The van der Waals surface area contributed by atoms with E-state index >= 15 is 0 Å². The quantitative estimate of drug-likeness (QED) is 0.511. The number of anilines is 1. The number of amides is 1. The number of ether oxygens (including phenoxy) is 1. The standard InChI is InChI=1S/C25H25Cl2FN4O2/c26-21-3-1-4-22(27)20(21)16-34-23-13-18(14-30-24(23)29)25(33)32-10-2-9-31(11-12-32)15-17-5-7-19(28)8-6-17/h1,3-8,13-14H,2,9-12,15-16H2,(H2,29,30). The number of carbonyl (C=O) groups is 1. The van der Waals surface area contributed by atoms with Crippen LogP contribution in [0.5, 0.6) is 5.75 Å². The number of pyridine rings is 1. The van der Waals surface area contributed by atoms with E-state index in [1.807, 2.05) is 4.90 Å². The fourth-order valence-corrected chi connectivity index (χ4v) is 4.38. The van der Waals surface area contributed by atoms with Crippen LogP contribution in [0.3, 0.4) is 0 Å². The van der Waals surface area contributed by atoms with Crippen molar-refractivity contribution in [3.05, 3.63) is 87.3 Å². The number of nitrogens with two attached hydrogens (primary N) is 1. The summed E-state index contributed by atoms with van der Waals surface area (Å²) in [6.45, 7) is 3.61. The van der Waals surface area contributed by atoms with Gasteiger partial charge in [-0.2, -0.15) is 0 Å². The normalized spacial score (nSPS) is 14.6. The van der Waals surface area contributed by atoms with Gasteiger partial charge >= 0.3 is 0 Å². The maximum Gasteiger partial charge on any atom is 0.255 e. The molecule has 4 rings (SSSR count). The van der Waals surface area contributed by atoms with Crippen LogP contribution in [-0.2, 0) is 13.2 Å². The molecule has 6 nitrogen and oxygen atoms in total. The molecule has 0 unspecified atom stereocenters. The first-order valence-corrected chi connectivity index (χ1v) is 11.7. The van der Waals surface area contributed by atoms with Crippen molar-refractivity contribution >= 4 is 34.9 Å². The molecule has 0 bridgehead atoms. The Morgan fingerprint density at radius 1 is 1.06 bits per heavy atom. The van der Waals surface area contributed by atoms with Crippen molar-refractivity contribution in [2.24, 2.45) is 0 Å². The van der Waals surface area contributed by atoms with E-state index in [-0.39, 0.29) is 24.1 Å². The topological polar surface area (TPSA) is 71.7 Å². The Labute approximate surface area is 208 Å². The molecular weight excluding hydrogens is 478 g/mol. The van der Waals surface area contributed by atoms with Crippen LogP contribution < -0.4 is 10.5 Å². The summed E-state index contributed by atoms with van der Waals surface area (Å²) in [7, 11) is 0. The summed E-state index contributed by atoms with van der Waals surface area (Å²) in [6, 6.07) is 13.3. The predicted molar refractivity (Wildman–Crippen MR) is 132 cm³/mol. The molecule has 0 saturated carbocycles. The molecule has 2 N–H and O–H groups in total. The van der Waals surface area contributed by atoms with Gasteiger partial charge in [-0.05, 0) is 42.3 Å². The summed E-state index contributed by atoms with van der Waals surface area (Å²) in [5.41, 5.74) is 8.06. The molecular formula is C25H25Cl2FN4O2. The van der Waals surface area contributed by atoms with Gasteiger partial charge in [0.05, 0.1) is 5.56 Å². The minimum atomic E-state index is -0.244. The highest BCUT2D eigenvalue weighted by Gasteiger charge is 2.22. The molecule has 34 heavy (non-hydrogen) atoms. The average Bonchev–Trinajstić information content (AvgIpc) is 3.06. The third-order valence-electron chi connectivity index (χ3n) is 5.76. The van der Waals surface area contributed by atoms with Crippen LogP contribution in [0, 0.1) is 5.82 Å². The summed E-state index contributed by atoms with van der Waals surface area (Å²) in [6.07, 6.45) is 2.30. The second-order valence-electron chi connectivity index (χ2n) is 8.14. The van der Waals surface area contributed by atoms with Gasteiger partial charge in [0.25, 0.3) is 5.91 Å². The number of halogens is 3. The maximum atomic E-state index is 13.2. The van der Waals surface area contributed by atoms with Crippen LogP contribution in [0.2, 0.25) is 10.0 Å². The first-order chi connectivity index (χ1) is 16.4. The molecule has 0 aliphatic carbocycles. The first kappa shape index (κ1) is 24.3. The van der Waals surface area contributed by atoms with Crippen molar-refractivity contribution in [2.45, 2.75) is 19.6 Å². The van der Waals surface area contributed by atoms with E-state index in [9.17, 15) is 9.18 Å². The molecule has 9 heteroatoms. The van der Waals surface area contributed by atoms with Gasteiger partial charge in [-0.15, -0.1) is 0 Å². The van der Waals surface area contributed by atoms with Crippen LogP contribution in [0.15, 0.2) is 54.7 Å². The molecule has 1 saturated heterocycles. The molecule has 1 amide bonds. The molecule has 1 aliphatic heterocycles. The maximum absolute atomic E-state index is 13.2. The van der Waals surface area contributed by atoms with E-state index in [1.54, 1.807) is 36.4 Å². The number of carbonyl (C=O) groups excluding carboxylic acids is 1. The molecule has 0 spiro atoms. The molecule has 0 radical (unpaired) electrons. The van der Waals surface area contributed by atoms with Crippen LogP contribution in [0.1, 0.15) is 27.9 Å². The fourth-order valence-electron chi connectivity index (χ4n) is 3.87. The Balaban J connectivity index is 1.40. The smallest absolute Gasteiger partial charge is 0.255 e. The largest absolute Gasteiger partial charge is 0.485 e. The van der Waals surface area contributed by atoms with E-state index in [2.05, 4.69) is 9.88 Å². The number of hydrogen-bond acceptors (Lipinski definition) is 5.